The zero-order valence-electron chi connectivity index (χ0n) is 13.7. The number of benzene rings is 2. The molecule has 0 unspecified atom stereocenters. The van der Waals surface area contributed by atoms with Crippen molar-refractivity contribution in [3.8, 4) is 11.6 Å². The van der Waals surface area contributed by atoms with E-state index in [0.29, 0.717) is 16.5 Å². The number of azo groups is 1. The second kappa shape index (κ2) is 6.10. The fraction of sp³-hybridized carbons (Fsp3) is 0.111. The smallest absolute Gasteiger partial charge is 0.231 e. The Labute approximate surface area is 148 Å². The maximum atomic E-state index is 12.6. The Morgan fingerprint density at radius 3 is 2.64 bits per heavy atom. The molecule has 0 aliphatic heterocycles. The van der Waals surface area contributed by atoms with Crippen LogP contribution in [-0.2, 0) is 0 Å². The topological polar surface area (TPSA) is 78.5 Å². The van der Waals surface area contributed by atoms with Crippen LogP contribution < -0.4 is 5.11 Å². The van der Waals surface area contributed by atoms with Gasteiger partial charge in [0.15, 0.2) is 0 Å². The van der Waals surface area contributed by atoms with Gasteiger partial charge in [-0.1, -0.05) is 35.6 Å². The molecule has 6 nitrogen and oxygen atoms in total. The van der Waals surface area contributed by atoms with Gasteiger partial charge < -0.3 is 5.11 Å². The fourth-order valence-electron chi connectivity index (χ4n) is 2.51. The van der Waals surface area contributed by atoms with Crippen molar-refractivity contribution in [3.05, 3.63) is 59.8 Å². The summed E-state index contributed by atoms with van der Waals surface area (Å²) < 4.78 is 2.39. The first-order chi connectivity index (χ1) is 12.1. The third kappa shape index (κ3) is 2.89. The van der Waals surface area contributed by atoms with Gasteiger partial charge >= 0.3 is 0 Å². The predicted molar refractivity (Wildman–Crippen MR) is 96.3 cm³/mol. The van der Waals surface area contributed by atoms with E-state index >= 15 is 0 Å². The van der Waals surface area contributed by atoms with Crippen LogP contribution in [0.3, 0.4) is 0 Å². The molecule has 0 aliphatic rings. The molecule has 0 saturated carbocycles. The van der Waals surface area contributed by atoms with E-state index in [1.807, 2.05) is 49.4 Å². The normalized spacial score (nSPS) is 11.6. The van der Waals surface area contributed by atoms with Gasteiger partial charge in [-0.2, -0.15) is 5.10 Å². The van der Waals surface area contributed by atoms with Crippen molar-refractivity contribution in [2.45, 2.75) is 13.8 Å². The molecule has 25 heavy (non-hydrogen) atoms. The lowest BCUT2D eigenvalue weighted by Crippen LogP contribution is -2.03. The van der Waals surface area contributed by atoms with Gasteiger partial charge in [0.2, 0.25) is 5.13 Å². The maximum Gasteiger partial charge on any atom is 0.231 e. The number of aromatic nitrogens is 3. The van der Waals surface area contributed by atoms with E-state index in [1.54, 1.807) is 6.92 Å². The van der Waals surface area contributed by atoms with Gasteiger partial charge in [0.25, 0.3) is 0 Å². The molecule has 124 valence electrons. The third-order valence-corrected chi connectivity index (χ3v) is 4.66. The zero-order valence-corrected chi connectivity index (χ0v) is 14.5. The van der Waals surface area contributed by atoms with Crippen LogP contribution in [0.15, 0.2) is 58.8 Å². The number of aryl methyl sites for hydroxylation is 2. The Morgan fingerprint density at radius 1 is 1.04 bits per heavy atom. The van der Waals surface area contributed by atoms with E-state index in [1.165, 1.54) is 21.6 Å². The summed E-state index contributed by atoms with van der Waals surface area (Å²) in [4.78, 5) is 4.42. The van der Waals surface area contributed by atoms with Crippen LogP contribution >= 0.6 is 11.3 Å². The summed E-state index contributed by atoms with van der Waals surface area (Å²) in [5.41, 5.74) is 3.52. The summed E-state index contributed by atoms with van der Waals surface area (Å²) in [6.45, 7) is 3.78. The molecule has 0 fully saturated rings. The molecule has 4 rings (SSSR count). The molecule has 0 spiro atoms. The van der Waals surface area contributed by atoms with Crippen LogP contribution in [0.25, 0.3) is 15.9 Å². The monoisotopic (exact) mass is 348 g/mol. The summed E-state index contributed by atoms with van der Waals surface area (Å²) >= 11 is 1.44. The van der Waals surface area contributed by atoms with E-state index in [4.69, 9.17) is 0 Å². The third-order valence-electron chi connectivity index (χ3n) is 3.76. The van der Waals surface area contributed by atoms with Gasteiger partial charge in [-0.15, -0.1) is 10.2 Å². The molecule has 0 amide bonds. The van der Waals surface area contributed by atoms with Crippen molar-refractivity contribution in [2.24, 2.45) is 10.2 Å². The minimum atomic E-state index is -0.288. The first-order valence-corrected chi connectivity index (χ1v) is 8.54. The van der Waals surface area contributed by atoms with E-state index in [0.717, 1.165) is 10.2 Å². The Bertz CT molecular complexity index is 1080. The van der Waals surface area contributed by atoms with Crippen molar-refractivity contribution >= 4 is 32.4 Å². The second-order valence-electron chi connectivity index (χ2n) is 5.65. The van der Waals surface area contributed by atoms with Crippen LogP contribution in [0.5, 0.6) is 5.88 Å². The average Bonchev–Trinajstić information content (AvgIpc) is 3.14. The zero-order chi connectivity index (χ0) is 17.4. The Morgan fingerprint density at radius 2 is 1.84 bits per heavy atom. The highest BCUT2D eigenvalue weighted by Gasteiger charge is 2.10. The molecular formula is C18H14N5OS-. The lowest BCUT2D eigenvalue weighted by atomic mass is 10.2. The molecule has 0 saturated heterocycles. The Kier molecular flexibility index (Phi) is 3.77. The number of rotatable bonds is 3. The number of hydrogen-bond donors (Lipinski definition) is 0. The SMILES string of the molecule is Cc1ccc2nc(N=Nc3c(C)nn(-c4ccccc4)c3[O-])sc2c1. The molecule has 0 atom stereocenters. The summed E-state index contributed by atoms with van der Waals surface area (Å²) in [5, 5.41) is 25.6. The first-order valence-electron chi connectivity index (χ1n) is 7.73. The number of thiazole rings is 1. The van der Waals surface area contributed by atoms with Crippen molar-refractivity contribution in [2.75, 3.05) is 0 Å². The molecule has 0 aliphatic carbocycles. The number of para-hydroxylation sites is 1. The second-order valence-corrected chi connectivity index (χ2v) is 6.66. The molecular weight excluding hydrogens is 334 g/mol. The highest BCUT2D eigenvalue weighted by Crippen LogP contribution is 2.34. The summed E-state index contributed by atoms with van der Waals surface area (Å²) in [6, 6.07) is 15.3. The number of nitrogens with zero attached hydrogens (tertiary/aromatic N) is 5. The van der Waals surface area contributed by atoms with Gasteiger partial charge in [0.1, 0.15) is 5.69 Å². The lowest BCUT2D eigenvalue weighted by molar-refractivity contribution is -0.276. The van der Waals surface area contributed by atoms with Gasteiger partial charge in [0.05, 0.1) is 21.6 Å². The summed E-state index contributed by atoms with van der Waals surface area (Å²) in [5.74, 6) is -0.288. The summed E-state index contributed by atoms with van der Waals surface area (Å²) in [7, 11) is 0. The molecule has 2 aromatic heterocycles. The molecule has 2 aromatic carbocycles. The fourth-order valence-corrected chi connectivity index (χ4v) is 3.40. The Balaban J connectivity index is 1.70. The van der Waals surface area contributed by atoms with Crippen molar-refractivity contribution in [1.29, 1.82) is 0 Å². The highest BCUT2D eigenvalue weighted by molar-refractivity contribution is 7.21. The summed E-state index contributed by atoms with van der Waals surface area (Å²) in [6.07, 6.45) is 0. The maximum absolute atomic E-state index is 12.6. The van der Waals surface area contributed by atoms with Crippen molar-refractivity contribution in [1.82, 2.24) is 14.8 Å². The van der Waals surface area contributed by atoms with Crippen LogP contribution in [0.1, 0.15) is 11.3 Å². The number of hydrogen-bond acceptors (Lipinski definition) is 6. The van der Waals surface area contributed by atoms with Gasteiger partial charge in [0, 0.05) is 5.88 Å². The number of fused-ring (bicyclic) bond motifs is 1. The molecule has 7 heteroatoms. The van der Waals surface area contributed by atoms with Crippen molar-refractivity contribution < 1.29 is 5.11 Å². The largest absolute Gasteiger partial charge is 0.857 e. The van der Waals surface area contributed by atoms with E-state index in [9.17, 15) is 5.11 Å². The van der Waals surface area contributed by atoms with E-state index in [-0.39, 0.29) is 11.6 Å². The first kappa shape index (κ1) is 15.5. The van der Waals surface area contributed by atoms with Crippen LogP contribution in [0.4, 0.5) is 10.8 Å². The molecule has 4 aromatic rings. The molecule has 0 bridgehead atoms. The quantitative estimate of drug-likeness (QED) is 0.508. The molecule has 2 heterocycles. The van der Waals surface area contributed by atoms with Crippen molar-refractivity contribution in [3.63, 3.8) is 0 Å². The Hall–Kier alpha value is -3.06. The standard InChI is InChI=1S/C18H15N5OS/c1-11-8-9-14-15(10-11)25-18(19-14)21-20-16-12(2)22-23(17(16)24)13-6-4-3-5-7-13/h3-10,24H,1-2H3/p-1. The van der Waals surface area contributed by atoms with Crippen LogP contribution in [-0.4, -0.2) is 14.8 Å². The molecule has 0 radical (unpaired) electrons. The average molecular weight is 348 g/mol. The predicted octanol–water partition coefficient (Wildman–Crippen LogP) is 4.59. The lowest BCUT2D eigenvalue weighted by Gasteiger charge is -2.10. The minimum absolute atomic E-state index is 0.235. The van der Waals surface area contributed by atoms with E-state index < -0.39 is 0 Å². The van der Waals surface area contributed by atoms with Crippen LogP contribution in [0, 0.1) is 13.8 Å². The van der Waals surface area contributed by atoms with Gasteiger partial charge in [-0.3, -0.25) is 0 Å². The van der Waals surface area contributed by atoms with E-state index in [2.05, 4.69) is 26.4 Å². The molecule has 0 N–H and O–H groups in total. The highest BCUT2D eigenvalue weighted by atomic mass is 32.1. The van der Waals surface area contributed by atoms with Gasteiger partial charge in [-0.05, 0) is 43.7 Å². The van der Waals surface area contributed by atoms with Crippen LogP contribution in [0.2, 0.25) is 0 Å². The minimum Gasteiger partial charge on any atom is -0.857 e. The van der Waals surface area contributed by atoms with Gasteiger partial charge in [-0.25, -0.2) is 9.67 Å².